The Hall–Kier alpha value is -2.23. The average Bonchev–Trinajstić information content (AvgIpc) is 3.73. The highest BCUT2D eigenvalue weighted by Crippen LogP contribution is 2.54. The first kappa shape index (κ1) is 35.1. The van der Waals surface area contributed by atoms with Gasteiger partial charge in [-0.3, -0.25) is 9.69 Å². The number of fused-ring (bicyclic) bond motifs is 1. The molecule has 1 aliphatic carbocycles. The second-order valence-electron chi connectivity index (χ2n) is 14.9. The highest BCUT2D eigenvalue weighted by atomic mass is 35.5. The maximum Gasteiger partial charge on any atom is 0.257 e. The Labute approximate surface area is 285 Å². The molecule has 3 aromatic carbocycles. The minimum absolute atomic E-state index is 0.0838. The van der Waals surface area contributed by atoms with Gasteiger partial charge < -0.3 is 19.0 Å². The summed E-state index contributed by atoms with van der Waals surface area (Å²) in [5, 5.41) is 12.5. The minimum atomic E-state index is -1.98. The monoisotopic (exact) mass is 683 g/mol. The van der Waals surface area contributed by atoms with E-state index < -0.39 is 25.7 Å². The van der Waals surface area contributed by atoms with Crippen molar-refractivity contribution in [2.45, 2.75) is 83.0 Å². The van der Waals surface area contributed by atoms with E-state index in [1.165, 1.54) is 0 Å². The van der Waals surface area contributed by atoms with Crippen LogP contribution in [-0.4, -0.2) is 51.2 Å². The second-order valence-corrected chi connectivity index (χ2v) is 20.5. The first-order valence-electron chi connectivity index (χ1n) is 16.0. The van der Waals surface area contributed by atoms with Crippen LogP contribution in [0.1, 0.15) is 86.1 Å². The van der Waals surface area contributed by atoms with Gasteiger partial charge in [-0.25, -0.2) is 0 Å². The lowest BCUT2D eigenvalue weighted by Crippen LogP contribution is -2.49. The van der Waals surface area contributed by atoms with E-state index in [1.54, 1.807) is 20.1 Å². The van der Waals surface area contributed by atoms with Gasteiger partial charge in [0.2, 0.25) is 0 Å². The molecule has 1 N–H and O–H groups in total. The lowest BCUT2D eigenvalue weighted by Gasteiger charge is -2.44. The zero-order valence-electron chi connectivity index (χ0n) is 28.2. The van der Waals surface area contributed by atoms with Gasteiger partial charge in [-0.2, -0.15) is 0 Å². The number of ether oxygens (including phenoxy) is 2. The van der Waals surface area contributed by atoms with Crippen LogP contribution in [0.4, 0.5) is 0 Å². The van der Waals surface area contributed by atoms with E-state index in [4.69, 9.17) is 37.1 Å². The zero-order valence-corrected chi connectivity index (χ0v) is 30.8. The molecule has 1 fully saturated rings. The molecule has 1 aliphatic heterocycles. The third kappa shape index (κ3) is 6.57. The smallest absolute Gasteiger partial charge is 0.257 e. The van der Waals surface area contributed by atoms with Gasteiger partial charge in [0.15, 0.2) is 14.0 Å². The third-order valence-corrected chi connectivity index (χ3v) is 15.3. The zero-order chi connectivity index (χ0) is 33.7. The molecule has 0 spiro atoms. The fourth-order valence-corrected chi connectivity index (χ4v) is 7.33. The Morgan fingerprint density at radius 3 is 2.07 bits per heavy atom. The van der Waals surface area contributed by atoms with Crippen molar-refractivity contribution in [1.29, 1.82) is 0 Å². The summed E-state index contributed by atoms with van der Waals surface area (Å²) in [6.07, 6.45) is 1.98. The molecule has 0 bridgehead atoms. The molecular weight excluding hydrogens is 637 g/mol. The largest absolute Gasteiger partial charge is 0.416 e. The first-order valence-corrected chi connectivity index (χ1v) is 19.6. The van der Waals surface area contributed by atoms with Crippen LogP contribution in [-0.2, 0) is 25.2 Å². The number of nitrogens with zero attached hydrogens (tertiary/aromatic N) is 1. The number of rotatable bonds is 12. The van der Waals surface area contributed by atoms with Crippen LogP contribution in [0.3, 0.4) is 0 Å². The van der Waals surface area contributed by atoms with Gasteiger partial charge in [0.1, 0.15) is 5.60 Å². The van der Waals surface area contributed by atoms with Crippen LogP contribution in [0.2, 0.25) is 28.2 Å². The van der Waals surface area contributed by atoms with Crippen molar-refractivity contribution in [3.63, 3.8) is 0 Å². The summed E-state index contributed by atoms with van der Waals surface area (Å²) < 4.78 is 19.3. The fraction of sp³-hybridized carbons (Fsp3) is 0.486. The first-order chi connectivity index (χ1) is 21.5. The highest BCUT2D eigenvalue weighted by Gasteiger charge is 2.57. The van der Waals surface area contributed by atoms with E-state index in [2.05, 4.69) is 33.9 Å². The van der Waals surface area contributed by atoms with Gasteiger partial charge in [-0.05, 0) is 86.3 Å². The van der Waals surface area contributed by atoms with E-state index in [9.17, 15) is 9.90 Å². The molecule has 248 valence electrons. The van der Waals surface area contributed by atoms with Gasteiger partial charge in [0.05, 0.1) is 19.3 Å². The number of methoxy groups -OCH3 is 1. The normalized spacial score (nSPS) is 21.2. The summed E-state index contributed by atoms with van der Waals surface area (Å²) in [7, 11) is -0.438. The van der Waals surface area contributed by atoms with Crippen molar-refractivity contribution < 1.29 is 23.8 Å². The number of carbonyl (C=O) groups is 1. The van der Waals surface area contributed by atoms with Gasteiger partial charge in [0.25, 0.3) is 5.91 Å². The van der Waals surface area contributed by atoms with Crippen molar-refractivity contribution in [1.82, 2.24) is 4.90 Å². The number of carbonyl (C=O) groups excluding carboxylic acids is 1. The van der Waals surface area contributed by atoms with E-state index >= 15 is 0 Å². The Morgan fingerprint density at radius 2 is 1.52 bits per heavy atom. The molecular formula is C37H47Cl2NO5Si. The summed E-state index contributed by atoms with van der Waals surface area (Å²) in [4.78, 5) is 16.6. The predicted octanol–water partition coefficient (Wildman–Crippen LogP) is 9.08. The van der Waals surface area contributed by atoms with Gasteiger partial charge >= 0.3 is 0 Å². The molecule has 1 heterocycles. The van der Waals surface area contributed by atoms with Crippen molar-refractivity contribution in [3.8, 4) is 0 Å². The molecule has 0 aromatic heterocycles. The van der Waals surface area contributed by atoms with Crippen LogP contribution >= 0.6 is 23.2 Å². The maximum atomic E-state index is 14.7. The van der Waals surface area contributed by atoms with E-state index in [1.807, 2.05) is 72.5 Å². The topological polar surface area (TPSA) is 68.2 Å². The lowest BCUT2D eigenvalue weighted by molar-refractivity contribution is -0.137. The van der Waals surface area contributed by atoms with Gasteiger partial charge in [-0.1, -0.05) is 80.4 Å². The summed E-state index contributed by atoms with van der Waals surface area (Å²) in [5.74, 6) is -0.190. The van der Waals surface area contributed by atoms with Gasteiger partial charge in [0, 0.05) is 45.9 Å². The Kier molecular flexibility index (Phi) is 9.66. The van der Waals surface area contributed by atoms with Crippen molar-refractivity contribution in [2.75, 3.05) is 26.9 Å². The molecule has 6 nitrogen and oxygen atoms in total. The van der Waals surface area contributed by atoms with Crippen LogP contribution < -0.4 is 0 Å². The van der Waals surface area contributed by atoms with Crippen LogP contribution in [0.25, 0.3) is 0 Å². The molecule has 2 aliphatic rings. The molecule has 9 heteroatoms. The standard InChI is InChI=1S/C37H47Cl2NO5Si/c1-25(26-9-14-29(38)15-10-26)40-33(41)31-21-28(35(5,42)22-43-6)13-18-32(31)37(40,27-11-16-30(39)17-12-27)44-23-36(19-20-36)24-45-46(7,8)34(2,3)4/h9-18,21,25,42H,19-20,22-24H2,1-8H3/t25-,35?,37+/m0/s1. The highest BCUT2D eigenvalue weighted by molar-refractivity contribution is 6.74. The average molecular weight is 685 g/mol. The number of benzene rings is 3. The molecule has 1 unspecified atom stereocenters. The predicted molar refractivity (Wildman–Crippen MR) is 187 cm³/mol. The van der Waals surface area contributed by atoms with Crippen molar-refractivity contribution in [2.24, 2.45) is 5.41 Å². The Bertz CT molecular complexity index is 1560. The number of hydrogen-bond donors (Lipinski definition) is 1. The second kappa shape index (κ2) is 12.7. The SMILES string of the molecule is COCC(C)(O)c1ccc2c(c1)C(=O)N([C@@H](C)c1ccc(Cl)cc1)[C@@]2(OCC1(CO[Si](C)(C)C(C)(C)C)CC1)c1ccc(Cl)cc1. The lowest BCUT2D eigenvalue weighted by atomic mass is 9.88. The molecule has 5 rings (SSSR count). The summed E-state index contributed by atoms with van der Waals surface area (Å²) in [5.41, 5.74) is 0.803. The number of aliphatic hydroxyl groups is 1. The minimum Gasteiger partial charge on any atom is -0.416 e. The van der Waals surface area contributed by atoms with Crippen LogP contribution in [0.5, 0.6) is 0 Å². The third-order valence-electron chi connectivity index (χ3n) is 10.3. The molecule has 3 aromatic rings. The quantitative estimate of drug-likeness (QED) is 0.193. The number of hydrogen-bond acceptors (Lipinski definition) is 5. The van der Waals surface area contributed by atoms with Gasteiger partial charge in [-0.15, -0.1) is 0 Å². The Balaban J connectivity index is 1.64. The summed E-state index contributed by atoms with van der Waals surface area (Å²) in [6, 6.07) is 20.3. The molecule has 0 radical (unpaired) electrons. The number of amides is 1. The number of halogens is 2. The van der Waals surface area contributed by atoms with E-state index in [-0.39, 0.29) is 23.0 Å². The van der Waals surface area contributed by atoms with E-state index in [0.29, 0.717) is 34.4 Å². The maximum absolute atomic E-state index is 14.7. The van der Waals surface area contributed by atoms with E-state index in [0.717, 1.165) is 29.5 Å². The van der Waals surface area contributed by atoms with Crippen LogP contribution in [0, 0.1) is 5.41 Å². The Morgan fingerprint density at radius 1 is 0.935 bits per heavy atom. The molecule has 1 amide bonds. The molecule has 1 saturated carbocycles. The van der Waals surface area contributed by atoms with Crippen LogP contribution in [0.15, 0.2) is 66.7 Å². The van der Waals surface area contributed by atoms with Crippen molar-refractivity contribution >= 4 is 37.4 Å². The summed E-state index contributed by atoms with van der Waals surface area (Å²) >= 11 is 12.7. The molecule has 0 saturated heterocycles. The van der Waals surface area contributed by atoms with Crippen molar-refractivity contribution in [3.05, 3.63) is 105 Å². The molecule has 46 heavy (non-hydrogen) atoms. The summed E-state index contributed by atoms with van der Waals surface area (Å²) in [6.45, 7) is 16.1. The molecule has 3 atom stereocenters. The fourth-order valence-electron chi connectivity index (χ4n) is 5.97.